The number of pyridine rings is 1. The second kappa shape index (κ2) is 8.23. The number of amides is 1. The van der Waals surface area contributed by atoms with Crippen LogP contribution in [0.2, 0.25) is 5.02 Å². The van der Waals surface area contributed by atoms with Crippen LogP contribution < -0.4 is 4.72 Å². The van der Waals surface area contributed by atoms with Crippen molar-refractivity contribution in [3.05, 3.63) is 59.4 Å². The van der Waals surface area contributed by atoms with E-state index < -0.39 is 10.0 Å². The second-order valence-corrected chi connectivity index (χ2v) is 7.23. The van der Waals surface area contributed by atoms with E-state index in [-0.39, 0.29) is 28.9 Å². The van der Waals surface area contributed by atoms with Gasteiger partial charge in [-0.3, -0.25) is 9.78 Å². The Kier molecular flexibility index (Phi) is 6.30. The first-order valence-corrected chi connectivity index (χ1v) is 9.16. The molecule has 6 nitrogen and oxygen atoms in total. The van der Waals surface area contributed by atoms with Gasteiger partial charge in [-0.25, -0.2) is 13.1 Å². The molecule has 0 spiro atoms. The number of hydrogen-bond donors (Lipinski definition) is 1. The van der Waals surface area contributed by atoms with Crippen molar-refractivity contribution in [2.24, 2.45) is 0 Å². The summed E-state index contributed by atoms with van der Waals surface area (Å²) >= 11 is 5.92. The molecule has 8 heteroatoms. The molecule has 0 unspecified atom stereocenters. The average Bonchev–Trinajstić information content (AvgIpc) is 2.55. The maximum absolute atomic E-state index is 12.3. The minimum atomic E-state index is -3.72. The number of benzene rings is 1. The van der Waals surface area contributed by atoms with Gasteiger partial charge in [-0.2, -0.15) is 0 Å². The number of nitrogens with one attached hydrogen (secondary N) is 1. The van der Waals surface area contributed by atoms with E-state index in [1.54, 1.807) is 24.4 Å². The van der Waals surface area contributed by atoms with Crippen molar-refractivity contribution < 1.29 is 13.2 Å². The van der Waals surface area contributed by atoms with E-state index in [0.29, 0.717) is 6.54 Å². The van der Waals surface area contributed by atoms with E-state index in [0.717, 1.165) is 5.69 Å². The molecule has 1 amide bonds. The lowest BCUT2D eigenvalue weighted by molar-refractivity contribution is -0.129. The Balaban J connectivity index is 1.98. The van der Waals surface area contributed by atoms with Gasteiger partial charge in [-0.1, -0.05) is 29.8 Å². The molecule has 0 aliphatic heterocycles. The summed E-state index contributed by atoms with van der Waals surface area (Å²) in [6.07, 6.45) is 1.65. The van der Waals surface area contributed by atoms with Gasteiger partial charge in [0.05, 0.1) is 17.3 Å². The van der Waals surface area contributed by atoms with Gasteiger partial charge in [0.2, 0.25) is 15.9 Å². The summed E-state index contributed by atoms with van der Waals surface area (Å²) in [7, 11) is -3.72. The molecule has 2 rings (SSSR count). The second-order valence-electron chi connectivity index (χ2n) is 5.09. The van der Waals surface area contributed by atoms with Gasteiger partial charge in [-0.05, 0) is 24.3 Å². The van der Waals surface area contributed by atoms with Crippen LogP contribution in [0, 0.1) is 0 Å². The summed E-state index contributed by atoms with van der Waals surface area (Å²) in [5.74, 6) is -0.155. The molecule has 1 aromatic heterocycles. The van der Waals surface area contributed by atoms with Crippen molar-refractivity contribution in [1.82, 2.24) is 14.6 Å². The van der Waals surface area contributed by atoms with Crippen LogP contribution in [0.15, 0.2) is 53.6 Å². The summed E-state index contributed by atoms with van der Waals surface area (Å²) in [5.41, 5.74) is 0.738. The Bertz CT molecular complexity index is 797. The molecule has 128 valence electrons. The fourth-order valence-electron chi connectivity index (χ4n) is 2.09. The van der Waals surface area contributed by atoms with Crippen LogP contribution in [0.4, 0.5) is 0 Å². The Morgan fingerprint density at radius 3 is 2.54 bits per heavy atom. The van der Waals surface area contributed by atoms with Gasteiger partial charge in [0.15, 0.2) is 0 Å². The standard InChI is InChI=1S/C16H18ClN3O3S/c1-13(21)20(12-14-6-4-5-9-18-14)11-10-19-24(22,23)16-8-3-2-7-15(16)17/h2-9,19H,10-12H2,1H3. The minimum Gasteiger partial charge on any atom is -0.336 e. The fraction of sp³-hybridized carbons (Fsp3) is 0.250. The maximum atomic E-state index is 12.3. The van der Waals surface area contributed by atoms with E-state index in [1.807, 2.05) is 12.1 Å². The first-order chi connectivity index (χ1) is 11.4. The molecule has 2 aromatic rings. The van der Waals surface area contributed by atoms with Gasteiger partial charge >= 0.3 is 0 Å². The number of hydrogen-bond acceptors (Lipinski definition) is 4. The number of aromatic nitrogens is 1. The number of rotatable bonds is 7. The lowest BCUT2D eigenvalue weighted by Crippen LogP contribution is -2.37. The third-order valence-corrected chi connectivity index (χ3v) is 5.29. The normalized spacial score (nSPS) is 11.2. The summed E-state index contributed by atoms with van der Waals surface area (Å²) in [4.78, 5) is 17.4. The van der Waals surface area contributed by atoms with Crippen LogP contribution in [0.3, 0.4) is 0 Å². The highest BCUT2D eigenvalue weighted by Gasteiger charge is 2.18. The van der Waals surface area contributed by atoms with E-state index in [1.165, 1.54) is 24.0 Å². The van der Waals surface area contributed by atoms with Crippen molar-refractivity contribution in [3.63, 3.8) is 0 Å². The molecule has 24 heavy (non-hydrogen) atoms. The summed E-state index contributed by atoms with van der Waals surface area (Å²) in [5, 5.41) is 0.155. The molecular weight excluding hydrogens is 350 g/mol. The van der Waals surface area contributed by atoms with E-state index in [2.05, 4.69) is 9.71 Å². The Hall–Kier alpha value is -1.96. The van der Waals surface area contributed by atoms with Gasteiger partial charge in [0, 0.05) is 26.2 Å². The van der Waals surface area contributed by atoms with Crippen molar-refractivity contribution >= 4 is 27.5 Å². The van der Waals surface area contributed by atoms with Crippen LogP contribution in [0.5, 0.6) is 0 Å². The van der Waals surface area contributed by atoms with Crippen LogP contribution in [0.25, 0.3) is 0 Å². The Morgan fingerprint density at radius 2 is 1.92 bits per heavy atom. The quantitative estimate of drug-likeness (QED) is 0.812. The first-order valence-electron chi connectivity index (χ1n) is 7.30. The molecule has 0 aliphatic rings. The summed E-state index contributed by atoms with van der Waals surface area (Å²) in [6, 6.07) is 11.6. The number of sulfonamides is 1. The average molecular weight is 368 g/mol. The predicted molar refractivity (Wildman–Crippen MR) is 92.0 cm³/mol. The molecular formula is C16H18ClN3O3S. The van der Waals surface area contributed by atoms with Crippen molar-refractivity contribution in [2.75, 3.05) is 13.1 Å². The maximum Gasteiger partial charge on any atom is 0.242 e. The highest BCUT2D eigenvalue weighted by Crippen LogP contribution is 2.19. The Labute approximate surface area is 146 Å². The van der Waals surface area contributed by atoms with Crippen molar-refractivity contribution in [3.8, 4) is 0 Å². The number of halogens is 1. The molecule has 1 heterocycles. The van der Waals surface area contributed by atoms with Crippen LogP contribution in [-0.4, -0.2) is 37.3 Å². The lowest BCUT2D eigenvalue weighted by atomic mass is 10.3. The summed E-state index contributed by atoms with van der Waals surface area (Å²) in [6.45, 7) is 2.07. The van der Waals surface area contributed by atoms with E-state index in [9.17, 15) is 13.2 Å². The topological polar surface area (TPSA) is 79.4 Å². The van der Waals surface area contributed by atoms with E-state index in [4.69, 9.17) is 11.6 Å². The van der Waals surface area contributed by atoms with Crippen molar-refractivity contribution in [2.45, 2.75) is 18.4 Å². The van der Waals surface area contributed by atoms with Gasteiger partial charge in [0.1, 0.15) is 4.90 Å². The molecule has 0 aliphatic carbocycles. The van der Waals surface area contributed by atoms with Gasteiger partial charge < -0.3 is 4.90 Å². The molecule has 1 aromatic carbocycles. The zero-order chi connectivity index (χ0) is 17.6. The zero-order valence-electron chi connectivity index (χ0n) is 13.1. The Morgan fingerprint density at radius 1 is 1.21 bits per heavy atom. The van der Waals surface area contributed by atoms with Crippen LogP contribution in [0.1, 0.15) is 12.6 Å². The molecule has 0 saturated heterocycles. The minimum absolute atomic E-state index is 0.0192. The molecule has 0 bridgehead atoms. The molecule has 1 N–H and O–H groups in total. The number of nitrogens with zero attached hydrogens (tertiary/aromatic N) is 2. The van der Waals surface area contributed by atoms with Crippen molar-refractivity contribution in [1.29, 1.82) is 0 Å². The third kappa shape index (κ3) is 5.02. The highest BCUT2D eigenvalue weighted by molar-refractivity contribution is 7.89. The third-order valence-electron chi connectivity index (χ3n) is 3.32. The lowest BCUT2D eigenvalue weighted by Gasteiger charge is -2.21. The van der Waals surface area contributed by atoms with Crippen LogP contribution >= 0.6 is 11.6 Å². The SMILES string of the molecule is CC(=O)N(CCNS(=O)(=O)c1ccccc1Cl)Cc1ccccn1. The fourth-order valence-corrected chi connectivity index (χ4v) is 3.63. The smallest absolute Gasteiger partial charge is 0.242 e. The molecule has 0 radical (unpaired) electrons. The molecule has 0 atom stereocenters. The monoisotopic (exact) mass is 367 g/mol. The summed E-state index contributed by atoms with van der Waals surface area (Å²) < 4.78 is 27.0. The largest absolute Gasteiger partial charge is 0.336 e. The van der Waals surface area contributed by atoms with Crippen LogP contribution in [-0.2, 0) is 21.4 Å². The van der Waals surface area contributed by atoms with Gasteiger partial charge in [0.25, 0.3) is 0 Å². The highest BCUT2D eigenvalue weighted by atomic mass is 35.5. The molecule has 0 fully saturated rings. The molecule has 0 saturated carbocycles. The predicted octanol–water partition coefficient (Wildman–Crippen LogP) is 2.06. The number of carbonyl (C=O) groups excluding carboxylic acids is 1. The van der Waals surface area contributed by atoms with Gasteiger partial charge in [-0.15, -0.1) is 0 Å². The van der Waals surface area contributed by atoms with E-state index >= 15 is 0 Å². The number of carbonyl (C=O) groups is 1. The first kappa shape index (κ1) is 18.4. The zero-order valence-corrected chi connectivity index (χ0v) is 14.7.